The van der Waals surface area contributed by atoms with Gasteiger partial charge in [0.25, 0.3) is 0 Å². The minimum Gasteiger partial charge on any atom is -0.468 e. The molecule has 0 radical (unpaired) electrons. The average Bonchev–Trinajstić information content (AvgIpc) is 3.57. The summed E-state index contributed by atoms with van der Waals surface area (Å²) < 4.78 is 12.0. The number of methoxy groups -OCH3 is 1. The molecule has 2 bridgehead atoms. The van der Waals surface area contributed by atoms with Crippen molar-refractivity contribution >= 4 is 22.6 Å². The molecule has 10 atom stereocenters. The lowest BCUT2D eigenvalue weighted by molar-refractivity contribution is -0.163. The Morgan fingerprint density at radius 3 is 2.76 bits per heavy atom. The van der Waals surface area contributed by atoms with Crippen LogP contribution < -0.4 is 4.90 Å². The Balaban J connectivity index is 1.18. The maximum atomic E-state index is 14.1. The second kappa shape index (κ2) is 10.7. The van der Waals surface area contributed by atoms with Gasteiger partial charge in [-0.3, -0.25) is 9.80 Å². The Hall–Kier alpha value is -3.17. The van der Waals surface area contributed by atoms with Gasteiger partial charge in [-0.05, 0) is 94.3 Å². The van der Waals surface area contributed by atoms with Gasteiger partial charge in [0.1, 0.15) is 0 Å². The highest BCUT2D eigenvalue weighted by molar-refractivity contribution is 5.91. The van der Waals surface area contributed by atoms with Crippen LogP contribution in [0.25, 0.3) is 10.9 Å². The molecular formula is C42H52N4O4. The maximum Gasteiger partial charge on any atom is 0.329 e. The standard InChI is InChI=1S/C42H52N4O4/c1-6-24-20-26-13-14-27(36-34(28-10-8-9-11-30(28)43-36)35(24)42(23-47,45(26)4)39(48)49-5)25-12-15-31-29(21-25)41-18-19-46-22-32-37(50-32)40(7-2,38(41)46)17-16-33(41)44(31)3/h6,8-12,15,21,26-27,32-33,35,37-38,43,47H,7,13-14,16-20,22-23H2,1-5H3. The zero-order valence-corrected chi connectivity index (χ0v) is 30.2. The Labute approximate surface area is 295 Å². The fourth-order valence-electron chi connectivity index (χ4n) is 13.3. The predicted octanol–water partition coefficient (Wildman–Crippen LogP) is 5.83. The molecule has 2 aromatic carbocycles. The van der Waals surface area contributed by atoms with Crippen molar-refractivity contribution in [3.8, 4) is 0 Å². The normalized spacial score (nSPS) is 40.8. The van der Waals surface area contributed by atoms with Gasteiger partial charge in [0.2, 0.25) is 0 Å². The van der Waals surface area contributed by atoms with E-state index < -0.39 is 5.54 Å². The first kappa shape index (κ1) is 31.6. The molecule has 1 spiro atoms. The number of epoxide rings is 1. The van der Waals surface area contributed by atoms with E-state index in [-0.39, 0.29) is 41.3 Å². The summed E-state index contributed by atoms with van der Waals surface area (Å²) in [6, 6.07) is 17.1. The summed E-state index contributed by atoms with van der Waals surface area (Å²) >= 11 is 0. The topological polar surface area (TPSA) is 84.6 Å². The number of aliphatic hydroxyl groups is 1. The van der Waals surface area contributed by atoms with Gasteiger partial charge in [-0.15, -0.1) is 0 Å². The molecule has 8 nitrogen and oxygen atoms in total. The van der Waals surface area contributed by atoms with Crippen LogP contribution in [0.1, 0.15) is 93.0 Å². The summed E-state index contributed by atoms with van der Waals surface area (Å²) in [6.07, 6.45) is 10.6. The van der Waals surface area contributed by atoms with Gasteiger partial charge >= 0.3 is 5.97 Å². The fourth-order valence-corrected chi connectivity index (χ4v) is 13.3. The number of likely N-dealkylation sites (N-methyl/N-ethyl adjacent to an activating group) is 2. The van der Waals surface area contributed by atoms with Gasteiger partial charge in [0.15, 0.2) is 5.54 Å². The minimum atomic E-state index is -1.22. The number of hydrogen-bond acceptors (Lipinski definition) is 7. The molecule has 6 aliphatic heterocycles. The average molecular weight is 677 g/mol. The first-order valence-electron chi connectivity index (χ1n) is 19.2. The molecule has 50 heavy (non-hydrogen) atoms. The molecule has 5 fully saturated rings. The van der Waals surface area contributed by atoms with Crippen LogP contribution in [-0.2, 0) is 19.7 Å². The largest absolute Gasteiger partial charge is 0.468 e. The van der Waals surface area contributed by atoms with Gasteiger partial charge in [-0.1, -0.05) is 48.9 Å². The number of rotatable bonds is 4. The second-order valence-electron chi connectivity index (χ2n) is 16.8. The van der Waals surface area contributed by atoms with Crippen LogP contribution in [0.5, 0.6) is 0 Å². The molecule has 3 aromatic rings. The van der Waals surface area contributed by atoms with Gasteiger partial charge in [-0.25, -0.2) is 4.79 Å². The number of para-hydroxylation sites is 1. The van der Waals surface area contributed by atoms with Gasteiger partial charge in [-0.2, -0.15) is 0 Å². The smallest absolute Gasteiger partial charge is 0.329 e. The number of carbonyl (C=O) groups is 1. The minimum absolute atomic E-state index is 0.0986. The quantitative estimate of drug-likeness (QED) is 0.204. The molecule has 0 amide bonds. The molecule has 1 aromatic heterocycles. The zero-order valence-electron chi connectivity index (χ0n) is 30.2. The number of H-pyrrole nitrogens is 1. The fraction of sp³-hybridized carbons (Fsp3) is 0.595. The highest BCUT2D eigenvalue weighted by Crippen LogP contribution is 2.68. The highest BCUT2D eigenvalue weighted by atomic mass is 16.6. The predicted molar refractivity (Wildman–Crippen MR) is 195 cm³/mol. The van der Waals surface area contributed by atoms with E-state index in [0.29, 0.717) is 24.3 Å². The van der Waals surface area contributed by atoms with Crippen molar-refractivity contribution in [3.05, 3.63) is 76.5 Å². The van der Waals surface area contributed by atoms with Gasteiger partial charge < -0.3 is 24.5 Å². The number of nitrogens with zero attached hydrogens (tertiary/aromatic N) is 3. The van der Waals surface area contributed by atoms with Crippen molar-refractivity contribution in [2.45, 2.75) is 112 Å². The van der Waals surface area contributed by atoms with Crippen molar-refractivity contribution in [1.82, 2.24) is 14.8 Å². The highest BCUT2D eigenvalue weighted by Gasteiger charge is 2.74. The first-order valence-corrected chi connectivity index (χ1v) is 19.2. The van der Waals surface area contributed by atoms with E-state index >= 15 is 0 Å². The van der Waals surface area contributed by atoms with Crippen LogP contribution in [0.2, 0.25) is 0 Å². The van der Waals surface area contributed by atoms with Gasteiger partial charge in [0.05, 0.1) is 25.9 Å². The van der Waals surface area contributed by atoms with Gasteiger partial charge in [0, 0.05) is 76.7 Å². The number of esters is 1. The maximum absolute atomic E-state index is 14.1. The van der Waals surface area contributed by atoms with E-state index in [9.17, 15) is 9.90 Å². The number of piperidine rings is 2. The summed E-state index contributed by atoms with van der Waals surface area (Å²) in [5.74, 6) is -0.597. The third kappa shape index (κ3) is 3.64. The monoisotopic (exact) mass is 676 g/mol. The Bertz CT molecular complexity index is 1940. The van der Waals surface area contributed by atoms with Crippen LogP contribution >= 0.6 is 0 Å². The van der Waals surface area contributed by atoms with E-state index in [1.54, 1.807) is 5.56 Å². The molecule has 8 aliphatic rings. The van der Waals surface area contributed by atoms with Crippen molar-refractivity contribution in [1.29, 1.82) is 0 Å². The number of nitrogens with one attached hydrogen (secondary N) is 1. The third-order valence-electron chi connectivity index (χ3n) is 15.5. The zero-order chi connectivity index (χ0) is 34.3. The number of aromatic nitrogens is 1. The number of allylic oxidation sites excluding steroid dienone is 1. The number of benzene rings is 2. The number of anilines is 1. The molecule has 4 saturated heterocycles. The number of ether oxygens (including phenoxy) is 2. The Morgan fingerprint density at radius 2 is 1.98 bits per heavy atom. The van der Waals surface area contributed by atoms with Crippen molar-refractivity contribution in [2.24, 2.45) is 5.41 Å². The lowest BCUT2D eigenvalue weighted by Gasteiger charge is -2.57. The van der Waals surface area contributed by atoms with E-state index in [1.165, 1.54) is 55.3 Å². The summed E-state index contributed by atoms with van der Waals surface area (Å²) in [7, 11) is 5.84. The Kier molecular flexibility index (Phi) is 6.75. The molecule has 7 heterocycles. The molecule has 2 aliphatic carbocycles. The number of fused-ring (bicyclic) bond motifs is 8. The van der Waals surface area contributed by atoms with Crippen LogP contribution in [0.15, 0.2) is 54.1 Å². The van der Waals surface area contributed by atoms with E-state index in [0.717, 1.165) is 48.8 Å². The summed E-state index contributed by atoms with van der Waals surface area (Å²) in [5, 5.41) is 12.5. The molecule has 11 rings (SSSR count). The van der Waals surface area contributed by atoms with E-state index in [4.69, 9.17) is 9.47 Å². The van der Waals surface area contributed by atoms with E-state index in [2.05, 4.69) is 89.1 Å². The summed E-state index contributed by atoms with van der Waals surface area (Å²) in [5.41, 5.74) is 8.03. The van der Waals surface area contributed by atoms with Crippen molar-refractivity contribution in [2.75, 3.05) is 45.8 Å². The lowest BCUT2D eigenvalue weighted by atomic mass is 9.52. The molecule has 1 saturated carbocycles. The molecule has 10 unspecified atom stereocenters. The lowest BCUT2D eigenvalue weighted by Crippen LogP contribution is -2.66. The second-order valence-corrected chi connectivity index (χ2v) is 16.8. The molecule has 8 heteroatoms. The molecule has 2 N–H and O–H groups in total. The Morgan fingerprint density at radius 1 is 1.14 bits per heavy atom. The molecule has 264 valence electrons. The van der Waals surface area contributed by atoms with Crippen LogP contribution in [0.3, 0.4) is 0 Å². The van der Waals surface area contributed by atoms with Crippen LogP contribution in [0, 0.1) is 5.41 Å². The SMILES string of the molecule is CC=C1CC2CCC(c3ccc4c(c3)C35CCN6CC7OC7C(CC)(CCC3N4C)C65)c3[nH]c4ccccc4c3C1C(CO)(C(=O)OC)N2C. The van der Waals surface area contributed by atoms with Crippen molar-refractivity contribution < 1.29 is 19.4 Å². The molecular weight excluding hydrogens is 624 g/mol. The van der Waals surface area contributed by atoms with Crippen LogP contribution in [0.4, 0.5) is 5.69 Å². The number of aromatic amines is 1. The number of hydrogen-bond donors (Lipinski definition) is 2. The van der Waals surface area contributed by atoms with Crippen LogP contribution in [-0.4, -0.2) is 103 Å². The summed E-state index contributed by atoms with van der Waals surface area (Å²) in [4.78, 5) is 25.6. The first-order chi connectivity index (χ1) is 24.3. The van der Waals surface area contributed by atoms with Crippen molar-refractivity contribution in [3.63, 3.8) is 0 Å². The third-order valence-corrected chi connectivity index (χ3v) is 15.5. The number of carbonyl (C=O) groups excluding carboxylic acids is 1. The van der Waals surface area contributed by atoms with E-state index in [1.807, 2.05) is 7.05 Å². The number of aliphatic hydroxyl groups excluding tert-OH is 1. The summed E-state index contributed by atoms with van der Waals surface area (Å²) in [6.45, 7) is 6.44.